The summed E-state index contributed by atoms with van der Waals surface area (Å²) in [6.45, 7) is 3.95. The maximum absolute atomic E-state index is 14.3. The van der Waals surface area contributed by atoms with Crippen LogP contribution < -0.4 is 16.0 Å². The molecule has 48 heavy (non-hydrogen) atoms. The first kappa shape index (κ1) is 34.7. The standard InChI is InChI=1S/C37H43F2N5O4/c1-23-4-9-26(10-5-23)34(27-11-15-29(39)16-12-27)42-36(47)32-18-17-30-20-21-43(33(45)19-8-25-6-13-28(38)14-7-25)22-31(37(48)44(30)32)41-35(46)24(2)40-3/h4-7,9-16,24,30-32,34,40H,8,17-22H2,1-3H3,(H,41,46)(H,42,47)/t24-,30+,31-,32-,34?/m0/s1. The van der Waals surface area contributed by atoms with E-state index in [2.05, 4.69) is 16.0 Å². The summed E-state index contributed by atoms with van der Waals surface area (Å²) in [6.07, 6.45) is 2.02. The lowest BCUT2D eigenvalue weighted by Crippen LogP contribution is -2.62. The van der Waals surface area contributed by atoms with E-state index in [0.29, 0.717) is 37.8 Å². The summed E-state index contributed by atoms with van der Waals surface area (Å²) in [7, 11) is 1.64. The second-order valence-electron chi connectivity index (χ2n) is 12.7. The van der Waals surface area contributed by atoms with Crippen molar-refractivity contribution in [3.8, 4) is 0 Å². The van der Waals surface area contributed by atoms with Gasteiger partial charge in [0, 0.05) is 25.6 Å². The fourth-order valence-corrected chi connectivity index (χ4v) is 6.47. The third-order valence-corrected chi connectivity index (χ3v) is 9.43. The fraction of sp³-hybridized carbons (Fsp3) is 0.405. The molecule has 5 rings (SSSR count). The summed E-state index contributed by atoms with van der Waals surface area (Å²) in [4.78, 5) is 58.1. The maximum atomic E-state index is 14.3. The van der Waals surface area contributed by atoms with Crippen molar-refractivity contribution >= 4 is 23.6 Å². The van der Waals surface area contributed by atoms with E-state index in [0.717, 1.165) is 16.7 Å². The molecule has 0 bridgehead atoms. The number of likely N-dealkylation sites (N-methyl/N-ethyl adjacent to an activating group) is 1. The molecule has 3 aromatic rings. The first-order valence-corrected chi connectivity index (χ1v) is 16.5. The lowest BCUT2D eigenvalue weighted by Gasteiger charge is -2.39. The van der Waals surface area contributed by atoms with Crippen molar-refractivity contribution < 1.29 is 28.0 Å². The minimum Gasteiger partial charge on any atom is -0.343 e. The molecule has 2 saturated heterocycles. The second-order valence-corrected chi connectivity index (χ2v) is 12.7. The zero-order valence-electron chi connectivity index (χ0n) is 27.5. The van der Waals surface area contributed by atoms with Crippen LogP contribution in [-0.2, 0) is 25.6 Å². The fourth-order valence-electron chi connectivity index (χ4n) is 6.47. The quantitative estimate of drug-likeness (QED) is 0.307. The number of benzene rings is 3. The number of nitrogens with one attached hydrogen (secondary N) is 3. The highest BCUT2D eigenvalue weighted by Crippen LogP contribution is 2.31. The summed E-state index contributed by atoms with van der Waals surface area (Å²) >= 11 is 0. The van der Waals surface area contributed by atoms with Gasteiger partial charge in [0.15, 0.2) is 0 Å². The van der Waals surface area contributed by atoms with Gasteiger partial charge in [0.2, 0.25) is 23.6 Å². The molecule has 2 aliphatic heterocycles. The Bertz CT molecular complexity index is 1550. The van der Waals surface area contributed by atoms with E-state index < -0.39 is 36.0 Å². The van der Waals surface area contributed by atoms with Gasteiger partial charge in [-0.05, 0) is 87.5 Å². The summed E-state index contributed by atoms with van der Waals surface area (Å²) in [5, 5.41) is 8.83. The highest BCUT2D eigenvalue weighted by molar-refractivity contribution is 5.94. The van der Waals surface area contributed by atoms with Gasteiger partial charge < -0.3 is 25.8 Å². The van der Waals surface area contributed by atoms with Gasteiger partial charge in [-0.25, -0.2) is 8.78 Å². The van der Waals surface area contributed by atoms with Crippen molar-refractivity contribution in [2.45, 2.75) is 76.2 Å². The Morgan fingerprint density at radius 3 is 2.10 bits per heavy atom. The molecule has 5 atom stereocenters. The van der Waals surface area contributed by atoms with Crippen LogP contribution in [0.3, 0.4) is 0 Å². The molecule has 4 amide bonds. The second kappa shape index (κ2) is 15.5. The van der Waals surface area contributed by atoms with Crippen LogP contribution in [0.4, 0.5) is 8.78 Å². The van der Waals surface area contributed by atoms with Crippen LogP contribution in [0.1, 0.15) is 60.9 Å². The van der Waals surface area contributed by atoms with Gasteiger partial charge >= 0.3 is 0 Å². The first-order chi connectivity index (χ1) is 23.0. The van der Waals surface area contributed by atoms with Crippen molar-refractivity contribution in [2.75, 3.05) is 20.1 Å². The molecule has 0 aromatic heterocycles. The molecule has 0 saturated carbocycles. The van der Waals surface area contributed by atoms with Crippen LogP contribution in [0, 0.1) is 18.6 Å². The van der Waals surface area contributed by atoms with Crippen LogP contribution >= 0.6 is 0 Å². The van der Waals surface area contributed by atoms with Crippen molar-refractivity contribution in [3.05, 3.63) is 107 Å². The zero-order chi connectivity index (χ0) is 34.4. The van der Waals surface area contributed by atoms with Crippen LogP contribution in [0.2, 0.25) is 0 Å². The average Bonchev–Trinajstić information content (AvgIpc) is 3.51. The SMILES string of the molecule is CN[C@@H](C)C(=O)N[C@H]1CN(C(=O)CCc2ccc(F)cc2)CC[C@H]2CC[C@@H](C(=O)NC(c3ccc(C)cc3)c3ccc(F)cc3)N2C1=O. The molecule has 3 aromatic carbocycles. The number of hydrogen-bond acceptors (Lipinski definition) is 5. The van der Waals surface area contributed by atoms with Crippen LogP contribution in [-0.4, -0.2) is 77.7 Å². The van der Waals surface area contributed by atoms with Gasteiger partial charge in [0.1, 0.15) is 23.7 Å². The Morgan fingerprint density at radius 2 is 1.48 bits per heavy atom. The number of aryl methyl sites for hydroxylation is 2. The molecule has 11 heteroatoms. The van der Waals surface area contributed by atoms with Crippen molar-refractivity contribution in [3.63, 3.8) is 0 Å². The number of nitrogens with zero attached hydrogens (tertiary/aromatic N) is 2. The number of hydrogen-bond donors (Lipinski definition) is 3. The summed E-state index contributed by atoms with van der Waals surface area (Å²) < 4.78 is 27.2. The predicted molar refractivity (Wildman–Crippen MR) is 178 cm³/mol. The van der Waals surface area contributed by atoms with Crippen LogP contribution in [0.15, 0.2) is 72.8 Å². The Kier molecular flexibility index (Phi) is 11.2. The Balaban J connectivity index is 1.37. The van der Waals surface area contributed by atoms with Gasteiger partial charge in [-0.15, -0.1) is 0 Å². The molecule has 1 unspecified atom stereocenters. The zero-order valence-corrected chi connectivity index (χ0v) is 27.5. The number of halogens is 2. The maximum Gasteiger partial charge on any atom is 0.247 e. The van der Waals surface area contributed by atoms with Crippen molar-refractivity contribution in [1.82, 2.24) is 25.8 Å². The molecule has 0 radical (unpaired) electrons. The van der Waals surface area contributed by atoms with Crippen molar-refractivity contribution in [1.29, 1.82) is 0 Å². The lowest BCUT2D eigenvalue weighted by atomic mass is 9.97. The van der Waals surface area contributed by atoms with Crippen LogP contribution in [0.25, 0.3) is 0 Å². The molecule has 9 nitrogen and oxygen atoms in total. The topological polar surface area (TPSA) is 111 Å². The minimum absolute atomic E-state index is 0.0393. The highest BCUT2D eigenvalue weighted by Gasteiger charge is 2.46. The smallest absolute Gasteiger partial charge is 0.247 e. The minimum atomic E-state index is -1.07. The highest BCUT2D eigenvalue weighted by atomic mass is 19.1. The number of carbonyl (C=O) groups is 4. The van der Waals surface area contributed by atoms with Gasteiger partial charge in [-0.1, -0.05) is 54.1 Å². The summed E-state index contributed by atoms with van der Waals surface area (Å²) in [6, 6.07) is 16.3. The molecule has 2 heterocycles. The number of carbonyl (C=O) groups excluding carboxylic acids is 4. The van der Waals surface area contributed by atoms with Crippen molar-refractivity contribution in [2.24, 2.45) is 0 Å². The number of rotatable bonds is 10. The largest absolute Gasteiger partial charge is 0.343 e. The average molecular weight is 660 g/mol. The van der Waals surface area contributed by atoms with E-state index in [4.69, 9.17) is 0 Å². The van der Waals surface area contributed by atoms with E-state index >= 15 is 0 Å². The normalized spacial score (nSPS) is 20.7. The van der Waals surface area contributed by atoms with E-state index in [-0.39, 0.29) is 42.5 Å². The molecule has 3 N–H and O–H groups in total. The molecule has 2 aliphatic rings. The van der Waals surface area contributed by atoms with E-state index in [9.17, 15) is 28.0 Å². The van der Waals surface area contributed by atoms with Gasteiger partial charge in [-0.2, -0.15) is 0 Å². The lowest BCUT2D eigenvalue weighted by molar-refractivity contribution is -0.147. The molecular weight excluding hydrogens is 616 g/mol. The summed E-state index contributed by atoms with van der Waals surface area (Å²) in [5.41, 5.74) is 3.38. The van der Waals surface area contributed by atoms with E-state index in [1.54, 1.807) is 48.0 Å². The monoisotopic (exact) mass is 659 g/mol. The molecule has 254 valence electrons. The van der Waals surface area contributed by atoms with E-state index in [1.165, 1.54) is 24.3 Å². The Morgan fingerprint density at radius 1 is 0.875 bits per heavy atom. The Labute approximate surface area is 280 Å². The first-order valence-electron chi connectivity index (χ1n) is 16.5. The molecule has 0 spiro atoms. The van der Waals surface area contributed by atoms with Gasteiger partial charge in [0.05, 0.1) is 12.1 Å². The third-order valence-electron chi connectivity index (χ3n) is 9.43. The van der Waals surface area contributed by atoms with Gasteiger partial charge in [0.25, 0.3) is 0 Å². The number of amides is 4. The molecule has 2 fully saturated rings. The molecular formula is C37H43F2N5O4. The predicted octanol–water partition coefficient (Wildman–Crippen LogP) is 3.80. The molecule has 0 aliphatic carbocycles. The van der Waals surface area contributed by atoms with Crippen LogP contribution in [0.5, 0.6) is 0 Å². The van der Waals surface area contributed by atoms with Gasteiger partial charge in [-0.3, -0.25) is 19.2 Å². The Hall–Kier alpha value is -4.64. The number of fused-ring (bicyclic) bond motifs is 1. The van der Waals surface area contributed by atoms with E-state index in [1.807, 2.05) is 31.2 Å². The third kappa shape index (κ3) is 8.25. The summed E-state index contributed by atoms with van der Waals surface area (Å²) in [5.74, 6) is -2.07.